The third kappa shape index (κ3) is 3.28. The Bertz CT molecular complexity index is 1310. The SMILES string of the molecule is Cc1cc(C)c(-n2cnnc2-c2[c-]ccc3c2ncn3-c2ccccc2)c(C)c1.[Ir]. The second kappa shape index (κ2) is 7.98. The van der Waals surface area contributed by atoms with Gasteiger partial charge in [0.15, 0.2) is 0 Å². The van der Waals surface area contributed by atoms with E-state index in [-0.39, 0.29) is 20.1 Å². The average molecular weight is 571 g/mol. The number of benzene rings is 3. The molecule has 0 aliphatic rings. The third-order valence-electron chi connectivity index (χ3n) is 5.19. The molecule has 0 bridgehead atoms. The zero-order chi connectivity index (χ0) is 20.0. The van der Waals surface area contributed by atoms with E-state index in [1.807, 2.05) is 41.2 Å². The summed E-state index contributed by atoms with van der Waals surface area (Å²) >= 11 is 0. The van der Waals surface area contributed by atoms with Crippen LogP contribution in [0.15, 0.2) is 67.3 Å². The van der Waals surface area contributed by atoms with E-state index in [0.29, 0.717) is 0 Å². The molecule has 5 nitrogen and oxygen atoms in total. The Hall–Kier alpha value is -3.08. The van der Waals surface area contributed by atoms with Gasteiger partial charge in [-0.1, -0.05) is 41.5 Å². The van der Waals surface area contributed by atoms with Crippen LogP contribution in [-0.4, -0.2) is 24.3 Å². The molecule has 0 aliphatic carbocycles. The van der Waals surface area contributed by atoms with Crippen molar-refractivity contribution in [2.75, 3.05) is 0 Å². The molecule has 2 aromatic heterocycles. The molecule has 0 amide bonds. The molecule has 0 unspecified atom stereocenters. The molecule has 1 radical (unpaired) electrons. The van der Waals surface area contributed by atoms with E-state index in [0.717, 1.165) is 33.8 Å². The Morgan fingerprint density at radius 2 is 1.60 bits per heavy atom. The minimum atomic E-state index is 0. The van der Waals surface area contributed by atoms with E-state index >= 15 is 0 Å². The molecular formula is C24H20IrN5-. The topological polar surface area (TPSA) is 48.5 Å². The Morgan fingerprint density at radius 3 is 2.33 bits per heavy atom. The summed E-state index contributed by atoms with van der Waals surface area (Å²) in [6.07, 6.45) is 3.61. The van der Waals surface area contributed by atoms with Gasteiger partial charge in [-0.3, -0.25) is 4.98 Å². The number of nitrogens with zero attached hydrogens (tertiary/aromatic N) is 5. The van der Waals surface area contributed by atoms with Crippen LogP contribution in [0.1, 0.15) is 16.7 Å². The van der Waals surface area contributed by atoms with Crippen molar-refractivity contribution in [2.45, 2.75) is 20.8 Å². The van der Waals surface area contributed by atoms with Crippen molar-refractivity contribution < 1.29 is 20.1 Å². The van der Waals surface area contributed by atoms with Gasteiger partial charge in [0.2, 0.25) is 0 Å². The fourth-order valence-corrected chi connectivity index (χ4v) is 4.07. The van der Waals surface area contributed by atoms with E-state index < -0.39 is 0 Å². The fraction of sp³-hybridized carbons (Fsp3) is 0.125. The van der Waals surface area contributed by atoms with Crippen LogP contribution < -0.4 is 0 Å². The monoisotopic (exact) mass is 571 g/mol. The van der Waals surface area contributed by atoms with Crippen molar-refractivity contribution >= 4 is 11.0 Å². The maximum Gasteiger partial charge on any atom is 0.114 e. The van der Waals surface area contributed by atoms with Gasteiger partial charge in [0.05, 0.1) is 12.2 Å². The molecule has 2 heterocycles. The molecule has 0 atom stereocenters. The predicted molar refractivity (Wildman–Crippen MR) is 114 cm³/mol. The van der Waals surface area contributed by atoms with Crippen molar-refractivity contribution in [2.24, 2.45) is 0 Å². The van der Waals surface area contributed by atoms with E-state index in [4.69, 9.17) is 4.98 Å². The number of para-hydroxylation sites is 1. The molecule has 0 saturated heterocycles. The minimum absolute atomic E-state index is 0. The van der Waals surface area contributed by atoms with Crippen LogP contribution >= 0.6 is 0 Å². The third-order valence-corrected chi connectivity index (χ3v) is 5.19. The zero-order valence-electron chi connectivity index (χ0n) is 16.9. The number of aryl methyl sites for hydroxylation is 3. The van der Waals surface area contributed by atoms with Crippen LogP contribution in [0.5, 0.6) is 0 Å². The van der Waals surface area contributed by atoms with Crippen molar-refractivity contribution in [1.29, 1.82) is 0 Å². The molecule has 0 aliphatic heterocycles. The summed E-state index contributed by atoms with van der Waals surface area (Å²) < 4.78 is 4.12. The van der Waals surface area contributed by atoms with E-state index in [1.165, 1.54) is 16.7 Å². The smallest absolute Gasteiger partial charge is 0.114 e. The number of imidazole rings is 1. The van der Waals surface area contributed by atoms with Gasteiger partial charge in [-0.2, -0.15) is 5.10 Å². The van der Waals surface area contributed by atoms with Crippen LogP contribution in [0.25, 0.3) is 33.8 Å². The number of aromatic nitrogens is 5. The fourth-order valence-electron chi connectivity index (χ4n) is 4.07. The van der Waals surface area contributed by atoms with Gasteiger partial charge in [-0.05, 0) is 49.5 Å². The molecule has 3 aromatic carbocycles. The van der Waals surface area contributed by atoms with Crippen molar-refractivity contribution in [3.05, 3.63) is 90.0 Å². The average Bonchev–Trinajstić information content (AvgIpc) is 3.35. The Balaban J connectivity index is 0.00000218. The molecular weight excluding hydrogens is 551 g/mol. The summed E-state index contributed by atoms with van der Waals surface area (Å²) in [4.78, 5) is 4.70. The zero-order valence-corrected chi connectivity index (χ0v) is 19.3. The normalized spacial score (nSPS) is 10.9. The first-order valence-corrected chi connectivity index (χ1v) is 9.55. The van der Waals surface area contributed by atoms with Crippen molar-refractivity contribution in [3.63, 3.8) is 0 Å². The summed E-state index contributed by atoms with van der Waals surface area (Å²) in [5.41, 5.74) is 8.49. The number of rotatable bonds is 3. The maximum atomic E-state index is 4.70. The van der Waals surface area contributed by atoms with Gasteiger partial charge in [0.1, 0.15) is 6.33 Å². The van der Waals surface area contributed by atoms with Crippen molar-refractivity contribution in [3.8, 4) is 22.8 Å². The van der Waals surface area contributed by atoms with E-state index in [9.17, 15) is 0 Å². The Morgan fingerprint density at radius 1 is 0.867 bits per heavy atom. The molecule has 6 heteroatoms. The summed E-state index contributed by atoms with van der Waals surface area (Å²) in [5, 5.41) is 8.64. The quantitative estimate of drug-likeness (QED) is 0.287. The summed E-state index contributed by atoms with van der Waals surface area (Å²) in [7, 11) is 0. The van der Waals surface area contributed by atoms with E-state index in [1.54, 1.807) is 6.33 Å². The molecule has 0 saturated carbocycles. The van der Waals surface area contributed by atoms with Crippen LogP contribution in [0.4, 0.5) is 0 Å². The van der Waals surface area contributed by atoms with Crippen LogP contribution in [0, 0.1) is 26.8 Å². The van der Waals surface area contributed by atoms with Crippen LogP contribution in [0.2, 0.25) is 0 Å². The maximum absolute atomic E-state index is 4.70. The number of fused-ring (bicyclic) bond motifs is 1. The summed E-state index contributed by atoms with van der Waals surface area (Å²) in [6, 6.07) is 21.9. The molecule has 0 N–H and O–H groups in total. The first-order chi connectivity index (χ1) is 14.1. The standard InChI is InChI=1S/C24H20N5.Ir/c1-16-12-17(2)23(18(3)13-16)29-15-26-27-24(29)20-10-7-11-21-22(20)25-14-28(21)19-8-5-4-6-9-19;/h4-9,11-15H,1-3H3;/q-1;. The van der Waals surface area contributed by atoms with Gasteiger partial charge >= 0.3 is 0 Å². The van der Waals surface area contributed by atoms with Gasteiger partial charge < -0.3 is 9.13 Å². The van der Waals surface area contributed by atoms with Gasteiger partial charge in [-0.15, -0.1) is 23.3 Å². The Kier molecular flexibility index (Phi) is 5.37. The van der Waals surface area contributed by atoms with E-state index in [2.05, 4.69) is 65.9 Å². The first-order valence-electron chi connectivity index (χ1n) is 9.55. The predicted octanol–water partition coefficient (Wildman–Crippen LogP) is 5.00. The molecule has 151 valence electrons. The second-order valence-electron chi connectivity index (χ2n) is 7.31. The minimum Gasteiger partial charge on any atom is -0.322 e. The van der Waals surface area contributed by atoms with Gasteiger partial charge in [-0.25, -0.2) is 0 Å². The molecule has 0 spiro atoms. The van der Waals surface area contributed by atoms with Crippen molar-refractivity contribution in [1.82, 2.24) is 24.3 Å². The van der Waals surface area contributed by atoms with Crippen LogP contribution in [-0.2, 0) is 20.1 Å². The molecule has 0 fully saturated rings. The summed E-state index contributed by atoms with van der Waals surface area (Å²) in [5.74, 6) is 0.740. The number of hydrogen-bond donors (Lipinski definition) is 0. The first kappa shape index (κ1) is 20.2. The second-order valence-corrected chi connectivity index (χ2v) is 7.31. The molecule has 5 rings (SSSR count). The Labute approximate surface area is 188 Å². The summed E-state index contributed by atoms with van der Waals surface area (Å²) in [6.45, 7) is 6.35. The number of hydrogen-bond acceptors (Lipinski definition) is 3. The van der Waals surface area contributed by atoms with Gasteiger partial charge in [0, 0.05) is 37.0 Å². The molecule has 5 aromatic rings. The largest absolute Gasteiger partial charge is 0.322 e. The van der Waals surface area contributed by atoms with Crippen LogP contribution in [0.3, 0.4) is 0 Å². The van der Waals surface area contributed by atoms with Gasteiger partial charge in [0.25, 0.3) is 0 Å². The molecule has 30 heavy (non-hydrogen) atoms.